The van der Waals surface area contributed by atoms with E-state index in [4.69, 9.17) is 5.53 Å². The molecule has 4 aliphatic rings. The number of aliphatic hydroxyl groups is 1. The second kappa shape index (κ2) is 9.88. The standard InChI is InChI=1S/C21H33O2.C6H5N4O.In/c1-13(22)18-6-7-19-17-5-4-14-12-20(2,23)10-8-15(14)16(17)9-11-21(18,19)3;7-9-10(5-11)6-2-1-3-8-4-6;/h14-19,23H,1,4-12H2,2-3H3;1-4,7H;/t14-,15+,16?,17-,18-,19+,20-,21-;;/m1../s1. The number of aromatic nitrogens is 1. The van der Waals surface area contributed by atoms with Crippen LogP contribution in [0.3, 0.4) is 0 Å². The molecule has 1 radical (unpaired) electrons. The molecular weight excluding hydrogens is 543 g/mol. The number of nitrogens with one attached hydrogen (secondary N) is 1. The van der Waals surface area contributed by atoms with Gasteiger partial charge in [-0.25, -0.2) is 0 Å². The Kier molecular flexibility index (Phi) is 7.16. The summed E-state index contributed by atoms with van der Waals surface area (Å²) in [6, 6.07) is 3.44. The predicted octanol–water partition coefficient (Wildman–Crippen LogP) is 5.67. The van der Waals surface area contributed by atoms with E-state index in [1.165, 1.54) is 25.5 Å². The van der Waals surface area contributed by atoms with Crippen molar-refractivity contribution in [3.8, 4) is 0 Å². The van der Waals surface area contributed by atoms with Crippen molar-refractivity contribution in [1.29, 1.82) is 5.53 Å². The van der Waals surface area contributed by atoms with E-state index in [2.05, 4.69) is 17.1 Å². The maximum absolute atomic E-state index is 13.5. The van der Waals surface area contributed by atoms with Gasteiger partial charge < -0.3 is 0 Å². The summed E-state index contributed by atoms with van der Waals surface area (Å²) in [7, 11) is 0. The Morgan fingerprint density at radius 3 is 2.69 bits per heavy atom. The Hall–Kier alpha value is -1.28. The van der Waals surface area contributed by atoms with Crippen LogP contribution in [0.25, 0.3) is 0 Å². The molecule has 1 amide bonds. The Morgan fingerprint density at radius 2 is 1.94 bits per heavy atom. The fraction of sp³-hybridized carbons (Fsp3) is 0.741. The normalized spacial score (nSPS) is 40.1. The molecule has 1 aromatic heterocycles. The van der Waals surface area contributed by atoms with Crippen LogP contribution in [-0.2, 0) is 4.79 Å². The SMILES string of the molecule is C[C@@]1(O)CC[C@@H]2C3CC[C@]4(C)[C@@H](C(=O)[CH2][In][C](=O)N(N=N)c5cccnc5)CC[C@H]4[C@@H]3CC[C@@H]2C1. The Bertz CT molecular complexity index is 972. The second-order valence-corrected chi connectivity index (χ2v) is 15.9. The van der Waals surface area contributed by atoms with E-state index in [-0.39, 0.29) is 15.0 Å². The number of amides is 1. The molecule has 1 aromatic rings. The Labute approximate surface area is 219 Å². The first kappa shape index (κ1) is 25.4. The van der Waals surface area contributed by atoms with Crippen molar-refractivity contribution >= 4 is 38.0 Å². The summed E-state index contributed by atoms with van der Waals surface area (Å²) in [5.41, 5.74) is 7.52. The monoisotopic (exact) mass is 581 g/mol. The van der Waals surface area contributed by atoms with Crippen LogP contribution < -0.4 is 5.01 Å². The van der Waals surface area contributed by atoms with Crippen LogP contribution in [0.4, 0.5) is 10.5 Å². The number of pyridine rings is 1. The molecule has 0 bridgehead atoms. The van der Waals surface area contributed by atoms with Crippen LogP contribution >= 0.6 is 0 Å². The third kappa shape index (κ3) is 4.74. The molecule has 8 heteroatoms. The van der Waals surface area contributed by atoms with Crippen LogP contribution in [0.1, 0.15) is 71.6 Å². The van der Waals surface area contributed by atoms with Gasteiger partial charge in [-0.15, -0.1) is 0 Å². The first-order chi connectivity index (χ1) is 16.7. The summed E-state index contributed by atoms with van der Waals surface area (Å²) in [5.74, 6) is 3.92. The third-order valence-electron chi connectivity index (χ3n) is 10.3. The van der Waals surface area contributed by atoms with Crippen LogP contribution in [0.15, 0.2) is 29.7 Å². The average Bonchev–Trinajstić information content (AvgIpc) is 3.20. The average molecular weight is 581 g/mol. The molecule has 1 heterocycles. The summed E-state index contributed by atoms with van der Waals surface area (Å²) < 4.78 is 0.257. The van der Waals surface area contributed by atoms with Gasteiger partial charge in [0, 0.05) is 0 Å². The topological polar surface area (TPSA) is 107 Å². The molecule has 187 valence electrons. The summed E-state index contributed by atoms with van der Waals surface area (Å²) in [4.78, 5) is 30.3. The Morgan fingerprint density at radius 1 is 1.14 bits per heavy atom. The zero-order valence-corrected chi connectivity index (χ0v) is 24.3. The van der Waals surface area contributed by atoms with Crippen molar-refractivity contribution in [3.63, 3.8) is 0 Å². The van der Waals surface area contributed by atoms with Gasteiger partial charge >= 0.3 is 220 Å². The number of hydrogen-bond acceptors (Lipinski definition) is 6. The fourth-order valence-corrected chi connectivity index (χ4v) is 11.7. The molecule has 0 aliphatic heterocycles. The summed E-state index contributed by atoms with van der Waals surface area (Å²) in [6.45, 7) is 4.39. The van der Waals surface area contributed by atoms with Gasteiger partial charge in [0.2, 0.25) is 0 Å². The molecule has 2 N–H and O–H groups in total. The second-order valence-electron chi connectivity index (χ2n) is 12.2. The van der Waals surface area contributed by atoms with Crippen molar-refractivity contribution in [3.05, 3.63) is 24.5 Å². The van der Waals surface area contributed by atoms with Gasteiger partial charge in [0.05, 0.1) is 0 Å². The molecule has 0 aromatic carbocycles. The van der Waals surface area contributed by atoms with E-state index >= 15 is 0 Å². The van der Waals surface area contributed by atoms with Gasteiger partial charge in [0.25, 0.3) is 0 Å². The summed E-state index contributed by atoms with van der Waals surface area (Å²) in [6.07, 6.45) is 13.2. The van der Waals surface area contributed by atoms with E-state index in [0.29, 0.717) is 27.5 Å². The zero-order valence-electron chi connectivity index (χ0n) is 21.0. The van der Waals surface area contributed by atoms with Crippen LogP contribution in [0.5, 0.6) is 0 Å². The minimum atomic E-state index is -1.92. The molecule has 7 nitrogen and oxygen atoms in total. The van der Waals surface area contributed by atoms with E-state index in [9.17, 15) is 14.7 Å². The number of Topliss-reactive ketones (excluding diaryl/α,β-unsaturated/α-hetero) is 1. The van der Waals surface area contributed by atoms with Crippen LogP contribution in [0.2, 0.25) is 4.18 Å². The molecule has 0 spiro atoms. The molecule has 35 heavy (non-hydrogen) atoms. The molecule has 5 rings (SSSR count). The molecule has 0 saturated heterocycles. The van der Waals surface area contributed by atoms with Gasteiger partial charge in [-0.2, -0.15) is 0 Å². The van der Waals surface area contributed by atoms with E-state index in [0.717, 1.165) is 61.3 Å². The summed E-state index contributed by atoms with van der Waals surface area (Å²) >= 11 is -1.92. The molecular formula is C27H38InN4O3. The minimum absolute atomic E-state index is 0.0692. The van der Waals surface area contributed by atoms with Crippen LogP contribution in [-0.4, -0.2) is 48.0 Å². The number of carbonyl (C=O) groups is 2. The van der Waals surface area contributed by atoms with E-state index < -0.39 is 28.5 Å². The first-order valence-corrected chi connectivity index (χ1v) is 17.4. The maximum atomic E-state index is 13.5. The number of carbonyl (C=O) groups excluding carboxylic acids is 2. The van der Waals surface area contributed by atoms with Gasteiger partial charge in [-0.05, 0) is 0 Å². The number of hydrogen-bond donors (Lipinski definition) is 2. The van der Waals surface area contributed by atoms with Crippen molar-refractivity contribution in [1.82, 2.24) is 4.98 Å². The van der Waals surface area contributed by atoms with Crippen LogP contribution in [0, 0.1) is 46.5 Å². The first-order valence-electron chi connectivity index (χ1n) is 13.4. The number of anilines is 1. The number of ketones is 1. The molecule has 4 fully saturated rings. The predicted molar refractivity (Wildman–Crippen MR) is 134 cm³/mol. The molecule has 8 atom stereocenters. The van der Waals surface area contributed by atoms with Crippen molar-refractivity contribution in [2.75, 3.05) is 5.01 Å². The van der Waals surface area contributed by atoms with Crippen molar-refractivity contribution in [2.45, 2.75) is 81.4 Å². The summed E-state index contributed by atoms with van der Waals surface area (Å²) in [5, 5.41) is 15.2. The van der Waals surface area contributed by atoms with Gasteiger partial charge in [0.15, 0.2) is 0 Å². The number of fused-ring (bicyclic) bond motifs is 5. The zero-order chi connectivity index (χ0) is 24.8. The van der Waals surface area contributed by atoms with Crippen molar-refractivity contribution in [2.24, 2.45) is 46.1 Å². The number of nitrogens with zero attached hydrogens (tertiary/aromatic N) is 3. The quantitative estimate of drug-likeness (QED) is 0.334. The van der Waals surface area contributed by atoms with E-state index in [1.54, 1.807) is 18.3 Å². The Balaban J connectivity index is 1.22. The van der Waals surface area contributed by atoms with E-state index in [1.807, 2.05) is 6.92 Å². The van der Waals surface area contributed by atoms with Gasteiger partial charge in [0.1, 0.15) is 0 Å². The fourth-order valence-electron chi connectivity index (χ4n) is 8.74. The van der Waals surface area contributed by atoms with Gasteiger partial charge in [-0.1, -0.05) is 0 Å². The molecule has 1 unspecified atom stereocenters. The van der Waals surface area contributed by atoms with Crippen molar-refractivity contribution < 1.29 is 14.7 Å². The molecule has 4 aliphatic carbocycles. The third-order valence-corrected chi connectivity index (χ3v) is 13.7. The molecule has 4 saturated carbocycles. The number of rotatable bonds is 6. The van der Waals surface area contributed by atoms with Gasteiger partial charge in [-0.3, -0.25) is 0 Å².